The second-order valence-electron chi connectivity index (χ2n) is 5.49. The number of carbonyl (C=O) groups excluding carboxylic acids is 1. The van der Waals surface area contributed by atoms with Gasteiger partial charge in [0.25, 0.3) is 0 Å². The van der Waals surface area contributed by atoms with E-state index in [1.807, 2.05) is 6.07 Å². The molecule has 1 aliphatic rings. The maximum absolute atomic E-state index is 11.9. The highest BCUT2D eigenvalue weighted by Gasteiger charge is 2.09. The highest BCUT2D eigenvalue weighted by molar-refractivity contribution is 9.10. The molecule has 0 aromatic heterocycles. The van der Waals surface area contributed by atoms with Crippen LogP contribution in [0.4, 0.5) is 0 Å². The van der Waals surface area contributed by atoms with E-state index in [4.69, 9.17) is 0 Å². The fourth-order valence-electron chi connectivity index (χ4n) is 2.43. The van der Waals surface area contributed by atoms with Crippen molar-refractivity contribution in [2.75, 3.05) is 45.0 Å². The van der Waals surface area contributed by atoms with Crippen molar-refractivity contribution in [3.05, 3.63) is 28.2 Å². The van der Waals surface area contributed by atoms with E-state index in [0.717, 1.165) is 50.2 Å². The Balaban J connectivity index is 1.59. The molecular weight excluding hydrogens is 362 g/mol. The van der Waals surface area contributed by atoms with Crippen molar-refractivity contribution in [3.63, 3.8) is 0 Å². The molecule has 122 valence electrons. The minimum atomic E-state index is 0.118. The number of aryl methyl sites for hydroxylation is 1. The Kier molecular flexibility index (Phi) is 7.72. The molecule has 0 aliphatic carbocycles. The molecule has 1 aromatic carbocycles. The van der Waals surface area contributed by atoms with Crippen molar-refractivity contribution in [3.8, 4) is 0 Å². The van der Waals surface area contributed by atoms with Crippen molar-refractivity contribution in [2.24, 2.45) is 0 Å². The van der Waals surface area contributed by atoms with Gasteiger partial charge in [-0.15, -0.1) is 11.8 Å². The van der Waals surface area contributed by atoms with Crippen LogP contribution in [0.2, 0.25) is 0 Å². The molecule has 0 radical (unpaired) electrons. The smallest absolute Gasteiger partial charge is 0.230 e. The SMILES string of the molecule is Cc1cc(Br)ccc1SCC(=O)NCCCN1CCNCC1. The molecule has 6 heteroatoms. The van der Waals surface area contributed by atoms with E-state index < -0.39 is 0 Å². The van der Waals surface area contributed by atoms with Gasteiger partial charge in [-0.3, -0.25) is 4.79 Å². The van der Waals surface area contributed by atoms with Gasteiger partial charge in [0.05, 0.1) is 5.75 Å². The molecular formula is C16H24BrN3OS. The minimum Gasteiger partial charge on any atom is -0.355 e. The van der Waals surface area contributed by atoms with Crippen LogP contribution >= 0.6 is 27.7 Å². The molecule has 4 nitrogen and oxygen atoms in total. The lowest BCUT2D eigenvalue weighted by Gasteiger charge is -2.27. The average molecular weight is 386 g/mol. The number of halogens is 1. The summed E-state index contributed by atoms with van der Waals surface area (Å²) in [7, 11) is 0. The molecule has 2 rings (SSSR count). The van der Waals surface area contributed by atoms with Gasteiger partial charge in [0.15, 0.2) is 0 Å². The molecule has 0 bridgehead atoms. The third-order valence-electron chi connectivity index (χ3n) is 3.68. The third kappa shape index (κ3) is 6.28. The standard InChI is InChI=1S/C16H24BrN3OS/c1-13-11-14(17)3-4-15(13)22-12-16(21)19-5-2-8-20-9-6-18-7-10-20/h3-4,11,18H,2,5-10,12H2,1H3,(H,19,21). The van der Waals surface area contributed by atoms with Crippen molar-refractivity contribution >= 4 is 33.6 Å². The van der Waals surface area contributed by atoms with Crippen LogP contribution in [0.1, 0.15) is 12.0 Å². The number of hydrogen-bond acceptors (Lipinski definition) is 4. The molecule has 1 fully saturated rings. The zero-order valence-corrected chi connectivity index (χ0v) is 15.4. The van der Waals surface area contributed by atoms with Crippen molar-refractivity contribution in [1.29, 1.82) is 0 Å². The van der Waals surface area contributed by atoms with Gasteiger partial charge < -0.3 is 15.5 Å². The summed E-state index contributed by atoms with van der Waals surface area (Å²) in [6, 6.07) is 6.15. The van der Waals surface area contributed by atoms with E-state index in [9.17, 15) is 4.79 Å². The first-order valence-corrected chi connectivity index (χ1v) is 9.52. The minimum absolute atomic E-state index is 0.118. The normalized spacial score (nSPS) is 15.7. The number of nitrogens with one attached hydrogen (secondary N) is 2. The predicted octanol–water partition coefficient (Wildman–Crippen LogP) is 2.26. The number of hydrogen-bond donors (Lipinski definition) is 2. The third-order valence-corrected chi connectivity index (χ3v) is 5.35. The molecule has 0 spiro atoms. The zero-order chi connectivity index (χ0) is 15.8. The van der Waals surface area contributed by atoms with Crippen LogP contribution in [0.3, 0.4) is 0 Å². The Bertz CT molecular complexity index is 492. The van der Waals surface area contributed by atoms with Crippen LogP contribution in [0, 0.1) is 6.92 Å². The van der Waals surface area contributed by atoms with E-state index >= 15 is 0 Å². The van der Waals surface area contributed by atoms with E-state index in [1.54, 1.807) is 11.8 Å². The first kappa shape index (κ1) is 17.8. The highest BCUT2D eigenvalue weighted by Crippen LogP contribution is 2.24. The van der Waals surface area contributed by atoms with Gasteiger partial charge in [-0.1, -0.05) is 15.9 Å². The summed E-state index contributed by atoms with van der Waals surface area (Å²) in [4.78, 5) is 15.5. The van der Waals surface area contributed by atoms with Gasteiger partial charge in [-0.25, -0.2) is 0 Å². The molecule has 1 amide bonds. The van der Waals surface area contributed by atoms with Gasteiger partial charge in [0, 0.05) is 42.1 Å². The lowest BCUT2D eigenvalue weighted by molar-refractivity contribution is -0.118. The lowest BCUT2D eigenvalue weighted by Crippen LogP contribution is -2.44. The van der Waals surface area contributed by atoms with E-state index in [0.29, 0.717) is 5.75 Å². The second kappa shape index (κ2) is 9.55. The molecule has 0 saturated carbocycles. The molecule has 1 aliphatic heterocycles. The Labute approximate surface area is 145 Å². The van der Waals surface area contributed by atoms with Gasteiger partial charge in [0.1, 0.15) is 0 Å². The van der Waals surface area contributed by atoms with Gasteiger partial charge in [-0.2, -0.15) is 0 Å². The highest BCUT2D eigenvalue weighted by atomic mass is 79.9. The Morgan fingerprint density at radius 3 is 2.91 bits per heavy atom. The predicted molar refractivity (Wildman–Crippen MR) is 96.5 cm³/mol. The molecule has 1 saturated heterocycles. The molecule has 0 unspecified atom stereocenters. The first-order valence-electron chi connectivity index (χ1n) is 7.74. The summed E-state index contributed by atoms with van der Waals surface area (Å²) in [5, 5.41) is 6.36. The molecule has 1 heterocycles. The van der Waals surface area contributed by atoms with Crippen LogP contribution in [-0.4, -0.2) is 55.8 Å². The number of amides is 1. The van der Waals surface area contributed by atoms with Crippen LogP contribution < -0.4 is 10.6 Å². The number of piperazine rings is 1. The van der Waals surface area contributed by atoms with Crippen LogP contribution in [0.5, 0.6) is 0 Å². The van der Waals surface area contributed by atoms with Crippen molar-refractivity contribution < 1.29 is 4.79 Å². The van der Waals surface area contributed by atoms with Crippen molar-refractivity contribution in [1.82, 2.24) is 15.5 Å². The lowest BCUT2D eigenvalue weighted by atomic mass is 10.2. The first-order chi connectivity index (χ1) is 10.6. The van der Waals surface area contributed by atoms with Gasteiger partial charge in [0.2, 0.25) is 5.91 Å². The number of carbonyl (C=O) groups is 1. The number of thioether (sulfide) groups is 1. The summed E-state index contributed by atoms with van der Waals surface area (Å²) in [5.74, 6) is 0.600. The average Bonchev–Trinajstić information content (AvgIpc) is 2.52. The van der Waals surface area contributed by atoms with Crippen molar-refractivity contribution in [2.45, 2.75) is 18.2 Å². The Hall–Kier alpha value is -0.560. The molecule has 22 heavy (non-hydrogen) atoms. The summed E-state index contributed by atoms with van der Waals surface area (Å²) >= 11 is 5.05. The number of rotatable bonds is 7. The maximum atomic E-state index is 11.9. The summed E-state index contributed by atoms with van der Waals surface area (Å²) < 4.78 is 1.08. The van der Waals surface area contributed by atoms with E-state index in [-0.39, 0.29) is 5.91 Å². The zero-order valence-electron chi connectivity index (χ0n) is 13.0. The van der Waals surface area contributed by atoms with Crippen LogP contribution in [-0.2, 0) is 4.79 Å². The van der Waals surface area contributed by atoms with E-state index in [1.165, 1.54) is 10.5 Å². The molecule has 1 aromatic rings. The largest absolute Gasteiger partial charge is 0.355 e. The summed E-state index contributed by atoms with van der Waals surface area (Å²) in [6.45, 7) is 8.30. The summed E-state index contributed by atoms with van der Waals surface area (Å²) in [5.41, 5.74) is 1.20. The number of benzene rings is 1. The fraction of sp³-hybridized carbons (Fsp3) is 0.562. The molecule has 0 atom stereocenters. The van der Waals surface area contributed by atoms with Crippen LogP contribution in [0.15, 0.2) is 27.6 Å². The van der Waals surface area contributed by atoms with Crippen LogP contribution in [0.25, 0.3) is 0 Å². The second-order valence-corrected chi connectivity index (χ2v) is 7.43. The maximum Gasteiger partial charge on any atom is 0.230 e. The van der Waals surface area contributed by atoms with Gasteiger partial charge in [-0.05, 0) is 43.7 Å². The topological polar surface area (TPSA) is 44.4 Å². The van der Waals surface area contributed by atoms with E-state index in [2.05, 4.69) is 50.5 Å². The monoisotopic (exact) mass is 385 g/mol. The Morgan fingerprint density at radius 2 is 2.18 bits per heavy atom. The molecule has 2 N–H and O–H groups in total. The summed E-state index contributed by atoms with van der Waals surface area (Å²) in [6.07, 6.45) is 1.02. The fourth-order valence-corrected chi connectivity index (χ4v) is 3.75. The number of nitrogens with zero attached hydrogens (tertiary/aromatic N) is 1. The van der Waals surface area contributed by atoms with Gasteiger partial charge >= 0.3 is 0 Å². The quantitative estimate of drug-likeness (QED) is 0.558. The Morgan fingerprint density at radius 1 is 1.41 bits per heavy atom.